The second-order valence-electron chi connectivity index (χ2n) is 18.2. The van der Waals surface area contributed by atoms with Gasteiger partial charge in [-0.1, -0.05) is 243 Å². The number of carbonyl (C=O) groups excluding carboxylic acids is 1. The third kappa shape index (κ3) is 41.9. The maximum atomic E-state index is 12.6. The van der Waals surface area contributed by atoms with Gasteiger partial charge in [0.2, 0.25) is 5.91 Å². The lowest BCUT2D eigenvalue weighted by molar-refractivity contribution is -0.132. The summed E-state index contributed by atoms with van der Waals surface area (Å²) in [6.45, 7) is 4.06. The predicted molar refractivity (Wildman–Crippen MR) is 260 cm³/mol. The molecule has 0 aliphatic heterocycles. The highest BCUT2D eigenvalue weighted by Gasteiger charge is 2.28. The molecule has 0 saturated carbocycles. The molecule has 0 rings (SSSR count). The molecule has 0 heterocycles. The molecule has 0 aliphatic carbocycles. The number of rotatable bonds is 48. The summed E-state index contributed by atoms with van der Waals surface area (Å²) in [6, 6.07) is -1.01. The van der Waals surface area contributed by atoms with Crippen molar-refractivity contribution in [3.8, 4) is 0 Å². The van der Waals surface area contributed by atoms with E-state index in [1.165, 1.54) is 186 Å². The van der Waals surface area contributed by atoms with E-state index in [1.54, 1.807) is 0 Å². The van der Waals surface area contributed by atoms with Gasteiger partial charge in [-0.15, -0.1) is 0 Å². The molecule has 6 nitrogen and oxygen atoms in total. The van der Waals surface area contributed by atoms with Crippen LogP contribution in [0, 0.1) is 0 Å². The van der Waals surface area contributed by atoms with Gasteiger partial charge in [0, 0.05) is 0 Å². The van der Waals surface area contributed by atoms with Crippen molar-refractivity contribution in [2.45, 2.75) is 295 Å². The van der Waals surface area contributed by atoms with Crippen molar-refractivity contribution in [3.63, 3.8) is 0 Å². The van der Waals surface area contributed by atoms with Gasteiger partial charge in [-0.3, -0.25) is 4.79 Å². The number of carbonyl (C=O) groups is 1. The molecule has 354 valence electrons. The van der Waals surface area contributed by atoms with Crippen LogP contribution < -0.4 is 5.32 Å². The molecular formula is C54H103NO5. The lowest BCUT2D eigenvalue weighted by atomic mass is 10.00. The van der Waals surface area contributed by atoms with E-state index in [0.29, 0.717) is 19.3 Å². The Labute approximate surface area is 373 Å². The summed E-state index contributed by atoms with van der Waals surface area (Å²) >= 11 is 0. The molecule has 0 aromatic rings. The molecule has 4 atom stereocenters. The Bertz CT molecular complexity index is 950. The van der Waals surface area contributed by atoms with E-state index in [0.717, 1.165) is 51.4 Å². The van der Waals surface area contributed by atoms with E-state index in [-0.39, 0.29) is 0 Å². The number of aliphatic hydroxyl groups is 4. The van der Waals surface area contributed by atoms with Crippen LogP contribution in [0.4, 0.5) is 0 Å². The molecule has 0 aromatic heterocycles. The van der Waals surface area contributed by atoms with Gasteiger partial charge in [0.15, 0.2) is 0 Å². The fraction of sp³-hybridized carbons (Fsp3) is 0.870. The monoisotopic (exact) mass is 846 g/mol. The smallest absolute Gasteiger partial charge is 0.249 e. The predicted octanol–water partition coefficient (Wildman–Crippen LogP) is 14.9. The van der Waals surface area contributed by atoms with Crippen molar-refractivity contribution in [2.24, 2.45) is 0 Å². The van der Waals surface area contributed by atoms with E-state index < -0.39 is 36.9 Å². The fourth-order valence-corrected chi connectivity index (χ4v) is 8.14. The topological polar surface area (TPSA) is 110 Å². The van der Waals surface area contributed by atoms with Crippen molar-refractivity contribution in [1.29, 1.82) is 0 Å². The molecule has 0 radical (unpaired) electrons. The number of hydrogen-bond acceptors (Lipinski definition) is 5. The van der Waals surface area contributed by atoms with E-state index in [1.807, 2.05) is 0 Å². The highest BCUT2D eigenvalue weighted by atomic mass is 16.3. The van der Waals surface area contributed by atoms with Gasteiger partial charge in [0.25, 0.3) is 0 Å². The van der Waals surface area contributed by atoms with E-state index in [4.69, 9.17) is 0 Å². The molecule has 0 fully saturated rings. The number of allylic oxidation sites excluding steroid dienone is 6. The van der Waals surface area contributed by atoms with Crippen LogP contribution in [0.25, 0.3) is 0 Å². The minimum atomic E-state index is -1.29. The zero-order chi connectivity index (χ0) is 43.8. The Hall–Kier alpha value is -1.47. The Morgan fingerprint density at radius 1 is 0.400 bits per heavy atom. The van der Waals surface area contributed by atoms with Gasteiger partial charge in [0.05, 0.1) is 18.8 Å². The quantitative estimate of drug-likeness (QED) is 0.0309. The van der Waals surface area contributed by atoms with Gasteiger partial charge in [-0.25, -0.2) is 0 Å². The summed E-state index contributed by atoms with van der Waals surface area (Å²) in [5, 5.41) is 43.9. The van der Waals surface area contributed by atoms with Crippen molar-refractivity contribution in [3.05, 3.63) is 36.5 Å². The summed E-state index contributed by atoms with van der Waals surface area (Å²) in [5.41, 5.74) is 0. The van der Waals surface area contributed by atoms with Crippen LogP contribution in [0.1, 0.15) is 271 Å². The Morgan fingerprint density at radius 3 is 1.05 bits per heavy atom. The molecule has 0 spiro atoms. The Balaban J connectivity index is 3.73. The van der Waals surface area contributed by atoms with Gasteiger partial charge >= 0.3 is 0 Å². The molecule has 1 amide bonds. The zero-order valence-electron chi connectivity index (χ0n) is 40.0. The Kier molecular flexibility index (Phi) is 47.4. The summed E-state index contributed by atoms with van der Waals surface area (Å²) in [4.78, 5) is 12.6. The summed E-state index contributed by atoms with van der Waals surface area (Å²) in [6.07, 6.45) is 59.1. The summed E-state index contributed by atoms with van der Waals surface area (Å²) in [7, 11) is 0. The standard InChI is InChI=1S/C54H103NO5/c1-3-5-7-9-11-13-15-17-19-21-23-25-27-29-31-33-35-37-39-41-43-45-47-51(57)53(59)50(49-56)55-54(60)52(58)48-46-44-42-40-38-36-34-32-30-28-26-24-22-20-18-16-14-12-10-8-6-4-2/h23,25,31,33,39,41,50-53,56-59H,3-22,24,26-30,32,34-38,40,42-49H2,1-2H3,(H,55,60)/b25-23+,33-31+,41-39+. The molecule has 0 aromatic carbocycles. The molecule has 4 unspecified atom stereocenters. The first-order chi connectivity index (χ1) is 29.5. The van der Waals surface area contributed by atoms with Crippen LogP contribution in [-0.2, 0) is 4.79 Å². The van der Waals surface area contributed by atoms with Crippen molar-refractivity contribution >= 4 is 5.91 Å². The van der Waals surface area contributed by atoms with Crippen LogP contribution in [0.2, 0.25) is 0 Å². The van der Waals surface area contributed by atoms with E-state index >= 15 is 0 Å². The molecule has 60 heavy (non-hydrogen) atoms. The molecular weight excluding hydrogens is 743 g/mol. The maximum Gasteiger partial charge on any atom is 0.249 e. The normalized spacial score (nSPS) is 14.2. The number of nitrogens with one attached hydrogen (secondary N) is 1. The SMILES string of the molecule is CCCCCCCCCCC/C=C/CC/C=C/CC/C=C/CCCC(O)C(O)C(CO)NC(=O)C(O)CCCCCCCCCCCCCCCCCCCCCCCC. The maximum absolute atomic E-state index is 12.6. The largest absolute Gasteiger partial charge is 0.394 e. The second kappa shape index (κ2) is 48.6. The Morgan fingerprint density at radius 2 is 0.700 bits per heavy atom. The lowest BCUT2D eigenvalue weighted by Crippen LogP contribution is -2.53. The van der Waals surface area contributed by atoms with Gasteiger partial charge in [-0.05, 0) is 64.2 Å². The first kappa shape index (κ1) is 58.5. The second-order valence-corrected chi connectivity index (χ2v) is 18.2. The minimum absolute atomic E-state index is 0.362. The van der Waals surface area contributed by atoms with Gasteiger partial charge in [0.1, 0.15) is 12.2 Å². The van der Waals surface area contributed by atoms with Gasteiger partial charge < -0.3 is 25.7 Å². The van der Waals surface area contributed by atoms with Crippen LogP contribution in [0.5, 0.6) is 0 Å². The van der Waals surface area contributed by atoms with Crippen LogP contribution in [0.15, 0.2) is 36.5 Å². The number of unbranched alkanes of at least 4 members (excludes halogenated alkanes) is 33. The first-order valence-corrected chi connectivity index (χ1v) is 26.4. The highest BCUT2D eigenvalue weighted by molar-refractivity contribution is 5.80. The van der Waals surface area contributed by atoms with E-state index in [9.17, 15) is 25.2 Å². The molecule has 0 aliphatic rings. The van der Waals surface area contributed by atoms with Gasteiger partial charge in [-0.2, -0.15) is 0 Å². The van der Waals surface area contributed by atoms with Crippen LogP contribution in [-0.4, -0.2) is 57.3 Å². The summed E-state index contributed by atoms with van der Waals surface area (Å²) in [5.74, 6) is -0.596. The molecule has 0 saturated heterocycles. The third-order valence-electron chi connectivity index (χ3n) is 12.3. The zero-order valence-corrected chi connectivity index (χ0v) is 40.0. The van der Waals surface area contributed by atoms with E-state index in [2.05, 4.69) is 55.6 Å². The average molecular weight is 846 g/mol. The number of aliphatic hydroxyl groups excluding tert-OH is 4. The van der Waals surface area contributed by atoms with Crippen molar-refractivity contribution in [2.75, 3.05) is 6.61 Å². The summed E-state index contributed by atoms with van der Waals surface area (Å²) < 4.78 is 0. The molecule has 5 N–H and O–H groups in total. The molecule has 0 bridgehead atoms. The lowest BCUT2D eigenvalue weighted by Gasteiger charge is -2.27. The fourth-order valence-electron chi connectivity index (χ4n) is 8.14. The molecule has 6 heteroatoms. The first-order valence-electron chi connectivity index (χ1n) is 26.4. The minimum Gasteiger partial charge on any atom is -0.394 e. The number of hydrogen-bond donors (Lipinski definition) is 5. The van der Waals surface area contributed by atoms with Crippen molar-refractivity contribution in [1.82, 2.24) is 5.32 Å². The highest BCUT2D eigenvalue weighted by Crippen LogP contribution is 2.17. The third-order valence-corrected chi connectivity index (χ3v) is 12.3. The van der Waals surface area contributed by atoms with Crippen LogP contribution >= 0.6 is 0 Å². The average Bonchev–Trinajstić information content (AvgIpc) is 3.25. The van der Waals surface area contributed by atoms with Crippen molar-refractivity contribution < 1.29 is 25.2 Å². The number of amides is 1. The van der Waals surface area contributed by atoms with Crippen LogP contribution in [0.3, 0.4) is 0 Å².